The molecule has 8 nitrogen and oxygen atoms in total. The molecule has 1 aliphatic rings. The van der Waals surface area contributed by atoms with E-state index < -0.39 is 11.9 Å². The van der Waals surface area contributed by atoms with Gasteiger partial charge in [0.25, 0.3) is 0 Å². The van der Waals surface area contributed by atoms with Gasteiger partial charge in [-0.2, -0.15) is 4.99 Å². The molecule has 0 saturated carbocycles. The highest BCUT2D eigenvalue weighted by molar-refractivity contribution is 6.32. The zero-order chi connectivity index (χ0) is 15.4. The minimum Gasteiger partial charge on any atom is -0.382 e. The number of hydrogen-bond donors (Lipinski definition) is 3. The molecule has 1 amide bonds. The fourth-order valence-corrected chi connectivity index (χ4v) is 1.74. The summed E-state index contributed by atoms with van der Waals surface area (Å²) in [7, 11) is 0. The van der Waals surface area contributed by atoms with Crippen molar-refractivity contribution < 1.29 is 4.79 Å². The maximum atomic E-state index is 11.7. The Hall–Kier alpha value is -2.87. The predicted octanol–water partition coefficient (Wildman–Crippen LogP) is 0.529. The Labute approximate surface area is 125 Å². The Morgan fingerprint density at radius 3 is 2.33 bits per heavy atom. The molecule has 1 aromatic rings. The summed E-state index contributed by atoms with van der Waals surface area (Å²) in [6.45, 7) is 0. The van der Waals surface area contributed by atoms with Gasteiger partial charge in [-0.1, -0.05) is 23.8 Å². The van der Waals surface area contributed by atoms with Crippen LogP contribution in [0.4, 0.5) is 11.6 Å². The molecular formula is C12H12ClN7O. The van der Waals surface area contributed by atoms with Gasteiger partial charge in [-0.05, 0) is 12.2 Å². The van der Waals surface area contributed by atoms with Crippen molar-refractivity contribution in [1.29, 1.82) is 0 Å². The molecule has 2 rings (SSSR count). The van der Waals surface area contributed by atoms with Gasteiger partial charge < -0.3 is 22.1 Å². The lowest BCUT2D eigenvalue weighted by Crippen LogP contribution is -2.25. The standard InChI is InChI=1S/C12H12ClN7O/c13-8-10(20-5-3-1-2-4-6-20)18-9(14)7(17-8)11(21)19-12(15)16/h1-6H,(H2,14,18)(H4,15,16,19,21). The largest absolute Gasteiger partial charge is 0.382 e. The first-order chi connectivity index (χ1) is 9.99. The number of aliphatic imine (C=N–C) groups is 1. The zero-order valence-electron chi connectivity index (χ0n) is 10.8. The van der Waals surface area contributed by atoms with E-state index in [1.807, 2.05) is 12.2 Å². The number of allylic oxidation sites excluding steroid dienone is 4. The van der Waals surface area contributed by atoms with Crippen LogP contribution in [0.5, 0.6) is 0 Å². The highest BCUT2D eigenvalue weighted by Gasteiger charge is 2.18. The van der Waals surface area contributed by atoms with Gasteiger partial charge in [-0.25, -0.2) is 9.97 Å². The molecule has 0 aliphatic carbocycles. The van der Waals surface area contributed by atoms with Crippen LogP contribution in [0.2, 0.25) is 5.15 Å². The van der Waals surface area contributed by atoms with Crippen LogP contribution in [0.15, 0.2) is 41.7 Å². The third-order valence-electron chi connectivity index (χ3n) is 2.37. The molecule has 108 valence electrons. The first-order valence-corrected chi connectivity index (χ1v) is 6.14. The number of carbonyl (C=O) groups excluding carboxylic acids is 1. The summed E-state index contributed by atoms with van der Waals surface area (Å²) in [6, 6.07) is 0. The van der Waals surface area contributed by atoms with E-state index >= 15 is 0 Å². The number of amides is 1. The van der Waals surface area contributed by atoms with E-state index in [1.165, 1.54) is 0 Å². The average Bonchev–Trinajstić information content (AvgIpc) is 2.69. The first-order valence-electron chi connectivity index (χ1n) is 5.76. The second-order valence-corrected chi connectivity index (χ2v) is 4.25. The zero-order valence-corrected chi connectivity index (χ0v) is 11.5. The number of aromatic nitrogens is 2. The fraction of sp³-hybridized carbons (Fsp3) is 0. The minimum absolute atomic E-state index is 0.00505. The summed E-state index contributed by atoms with van der Waals surface area (Å²) in [6.07, 6.45) is 10.7. The number of halogens is 1. The van der Waals surface area contributed by atoms with Crippen molar-refractivity contribution in [3.05, 3.63) is 47.6 Å². The Morgan fingerprint density at radius 2 is 1.76 bits per heavy atom. The number of carbonyl (C=O) groups is 1. The van der Waals surface area contributed by atoms with E-state index in [0.717, 1.165) is 0 Å². The van der Waals surface area contributed by atoms with Crippen LogP contribution in [0.3, 0.4) is 0 Å². The number of rotatable bonds is 2. The Balaban J connectivity index is 2.42. The van der Waals surface area contributed by atoms with Crippen molar-refractivity contribution >= 4 is 35.1 Å². The smallest absolute Gasteiger partial charge is 0.302 e. The molecule has 9 heteroatoms. The lowest BCUT2D eigenvalue weighted by atomic mass is 10.4. The second kappa shape index (κ2) is 6.06. The first kappa shape index (κ1) is 14.5. The molecule has 2 heterocycles. The van der Waals surface area contributed by atoms with Crippen molar-refractivity contribution in [1.82, 2.24) is 9.97 Å². The topological polar surface area (TPSA) is 137 Å². The van der Waals surface area contributed by atoms with Crippen LogP contribution in [-0.2, 0) is 0 Å². The van der Waals surface area contributed by atoms with Crippen LogP contribution >= 0.6 is 11.6 Å². The molecule has 1 aliphatic heterocycles. The van der Waals surface area contributed by atoms with E-state index in [9.17, 15) is 4.79 Å². The molecule has 0 radical (unpaired) electrons. The number of nitrogens with zero attached hydrogens (tertiary/aromatic N) is 4. The normalized spacial score (nSPS) is 13.1. The summed E-state index contributed by atoms with van der Waals surface area (Å²) in [5, 5.41) is -0.00505. The van der Waals surface area contributed by atoms with E-state index in [2.05, 4.69) is 15.0 Å². The number of guanidine groups is 1. The fourth-order valence-electron chi connectivity index (χ4n) is 1.51. The summed E-state index contributed by atoms with van der Waals surface area (Å²) < 4.78 is 0. The van der Waals surface area contributed by atoms with Gasteiger partial charge in [0.05, 0.1) is 0 Å². The molecule has 0 spiro atoms. The van der Waals surface area contributed by atoms with Crippen LogP contribution < -0.4 is 22.1 Å². The van der Waals surface area contributed by atoms with Crippen molar-refractivity contribution in [3.63, 3.8) is 0 Å². The Morgan fingerprint density at radius 1 is 1.14 bits per heavy atom. The van der Waals surface area contributed by atoms with E-state index in [-0.39, 0.29) is 22.5 Å². The van der Waals surface area contributed by atoms with Gasteiger partial charge >= 0.3 is 5.91 Å². The summed E-state index contributed by atoms with van der Waals surface area (Å²) in [4.78, 5) is 24.7. The minimum atomic E-state index is -0.808. The Kier molecular flexibility index (Phi) is 4.19. The molecular weight excluding hydrogens is 294 g/mol. The highest BCUT2D eigenvalue weighted by Crippen LogP contribution is 2.25. The molecule has 1 aromatic heterocycles. The predicted molar refractivity (Wildman–Crippen MR) is 81.5 cm³/mol. The second-order valence-electron chi connectivity index (χ2n) is 3.89. The Bertz CT molecular complexity index is 673. The third kappa shape index (κ3) is 3.37. The quantitative estimate of drug-likeness (QED) is 0.535. The number of hydrogen-bond acceptors (Lipinski definition) is 5. The molecule has 0 aromatic carbocycles. The van der Waals surface area contributed by atoms with Crippen molar-refractivity contribution in [2.24, 2.45) is 16.5 Å². The van der Waals surface area contributed by atoms with Gasteiger partial charge in [-0.15, -0.1) is 0 Å². The van der Waals surface area contributed by atoms with E-state index in [0.29, 0.717) is 0 Å². The van der Waals surface area contributed by atoms with E-state index in [1.54, 1.807) is 29.5 Å². The monoisotopic (exact) mass is 305 g/mol. The van der Waals surface area contributed by atoms with Crippen molar-refractivity contribution in [2.75, 3.05) is 10.6 Å². The van der Waals surface area contributed by atoms with Crippen LogP contribution in [0.1, 0.15) is 10.5 Å². The van der Waals surface area contributed by atoms with E-state index in [4.69, 9.17) is 28.8 Å². The van der Waals surface area contributed by atoms with Gasteiger partial charge in [0.1, 0.15) is 0 Å². The molecule has 6 N–H and O–H groups in total. The summed E-state index contributed by atoms with van der Waals surface area (Å²) in [5.41, 5.74) is 15.8. The van der Waals surface area contributed by atoms with Crippen LogP contribution in [0, 0.1) is 0 Å². The number of nitrogen functional groups attached to an aromatic ring is 1. The lowest BCUT2D eigenvalue weighted by molar-refractivity contribution is 0.0998. The number of anilines is 2. The molecule has 0 unspecified atom stereocenters. The third-order valence-corrected chi connectivity index (χ3v) is 2.62. The van der Waals surface area contributed by atoms with Crippen molar-refractivity contribution in [3.8, 4) is 0 Å². The lowest BCUT2D eigenvalue weighted by Gasteiger charge is -2.15. The van der Waals surface area contributed by atoms with Gasteiger partial charge in [0, 0.05) is 12.4 Å². The number of nitrogens with two attached hydrogens (primary N) is 3. The van der Waals surface area contributed by atoms with Gasteiger partial charge in [0.2, 0.25) is 0 Å². The molecule has 0 atom stereocenters. The molecule has 0 bridgehead atoms. The average molecular weight is 306 g/mol. The molecule has 0 fully saturated rings. The summed E-state index contributed by atoms with van der Waals surface area (Å²) >= 11 is 6.05. The molecule has 0 saturated heterocycles. The highest BCUT2D eigenvalue weighted by atomic mass is 35.5. The maximum Gasteiger partial charge on any atom is 0.302 e. The maximum absolute atomic E-state index is 11.7. The van der Waals surface area contributed by atoms with Crippen LogP contribution in [-0.4, -0.2) is 21.8 Å². The molecule has 21 heavy (non-hydrogen) atoms. The van der Waals surface area contributed by atoms with Gasteiger partial charge in [0.15, 0.2) is 28.4 Å². The van der Waals surface area contributed by atoms with Crippen molar-refractivity contribution in [2.45, 2.75) is 0 Å². The van der Waals surface area contributed by atoms with Crippen LogP contribution in [0.25, 0.3) is 0 Å². The van der Waals surface area contributed by atoms with Gasteiger partial charge in [-0.3, -0.25) is 4.79 Å². The SMILES string of the molecule is NC(N)=NC(=O)c1nc(Cl)c(N2C=CC=CC=C2)nc1N. The summed E-state index contributed by atoms with van der Waals surface area (Å²) in [5.74, 6) is -1.04.